The SMILES string of the molecule is NC(=O)C1CCCCN1C(=O)c1ccc(F)c(S)c1. The van der Waals surface area contributed by atoms with E-state index in [0.717, 1.165) is 12.8 Å². The summed E-state index contributed by atoms with van der Waals surface area (Å²) in [5, 5.41) is 0. The normalized spacial score (nSPS) is 19.3. The van der Waals surface area contributed by atoms with E-state index >= 15 is 0 Å². The van der Waals surface area contributed by atoms with E-state index in [9.17, 15) is 14.0 Å². The van der Waals surface area contributed by atoms with Crippen LogP contribution in [-0.2, 0) is 4.79 Å². The zero-order valence-electron chi connectivity index (χ0n) is 10.3. The van der Waals surface area contributed by atoms with Crippen LogP contribution in [0, 0.1) is 5.82 Å². The Labute approximate surface area is 116 Å². The maximum absolute atomic E-state index is 13.1. The van der Waals surface area contributed by atoms with E-state index in [-0.39, 0.29) is 10.8 Å². The summed E-state index contributed by atoms with van der Waals surface area (Å²) in [6.45, 7) is 0.492. The van der Waals surface area contributed by atoms with Crippen molar-refractivity contribution < 1.29 is 14.0 Å². The second-order valence-electron chi connectivity index (χ2n) is 4.58. The van der Waals surface area contributed by atoms with Crippen molar-refractivity contribution in [2.45, 2.75) is 30.2 Å². The smallest absolute Gasteiger partial charge is 0.254 e. The Morgan fingerprint density at radius 1 is 1.37 bits per heavy atom. The van der Waals surface area contributed by atoms with Crippen LogP contribution in [0.2, 0.25) is 0 Å². The minimum absolute atomic E-state index is 0.110. The lowest BCUT2D eigenvalue weighted by Gasteiger charge is -2.33. The summed E-state index contributed by atoms with van der Waals surface area (Å²) in [6.07, 6.45) is 2.29. The van der Waals surface area contributed by atoms with Crippen molar-refractivity contribution in [1.29, 1.82) is 0 Å². The Bertz CT molecular complexity index is 521. The van der Waals surface area contributed by atoms with Crippen molar-refractivity contribution >= 4 is 24.4 Å². The van der Waals surface area contributed by atoms with Gasteiger partial charge >= 0.3 is 0 Å². The molecule has 0 saturated carbocycles. The van der Waals surface area contributed by atoms with Crippen LogP contribution in [-0.4, -0.2) is 29.3 Å². The molecule has 6 heteroatoms. The van der Waals surface area contributed by atoms with Crippen LogP contribution in [0.5, 0.6) is 0 Å². The number of piperidine rings is 1. The van der Waals surface area contributed by atoms with Crippen LogP contribution in [0.25, 0.3) is 0 Å². The second kappa shape index (κ2) is 5.61. The third kappa shape index (κ3) is 2.89. The minimum Gasteiger partial charge on any atom is -0.368 e. The van der Waals surface area contributed by atoms with Crippen molar-refractivity contribution in [1.82, 2.24) is 4.90 Å². The van der Waals surface area contributed by atoms with Gasteiger partial charge in [-0.1, -0.05) is 0 Å². The van der Waals surface area contributed by atoms with Gasteiger partial charge in [0.1, 0.15) is 11.9 Å². The summed E-state index contributed by atoms with van der Waals surface area (Å²) in [5.74, 6) is -1.29. The molecule has 1 heterocycles. The molecule has 2 amide bonds. The summed E-state index contributed by atoms with van der Waals surface area (Å²) in [7, 11) is 0. The molecule has 2 rings (SSSR count). The number of nitrogens with two attached hydrogens (primary N) is 1. The van der Waals surface area contributed by atoms with E-state index in [1.54, 1.807) is 0 Å². The van der Waals surface area contributed by atoms with Crippen molar-refractivity contribution in [3.05, 3.63) is 29.6 Å². The predicted molar refractivity (Wildman–Crippen MR) is 71.5 cm³/mol. The van der Waals surface area contributed by atoms with E-state index < -0.39 is 17.8 Å². The van der Waals surface area contributed by atoms with Gasteiger partial charge in [-0.3, -0.25) is 9.59 Å². The lowest BCUT2D eigenvalue weighted by molar-refractivity contribution is -0.123. The molecule has 1 aliphatic heterocycles. The van der Waals surface area contributed by atoms with Crippen LogP contribution in [0.1, 0.15) is 29.6 Å². The molecule has 0 bridgehead atoms. The molecule has 19 heavy (non-hydrogen) atoms. The number of rotatable bonds is 2. The van der Waals surface area contributed by atoms with E-state index in [1.165, 1.54) is 23.1 Å². The van der Waals surface area contributed by atoms with E-state index in [0.29, 0.717) is 18.5 Å². The van der Waals surface area contributed by atoms with Crippen molar-refractivity contribution in [2.75, 3.05) is 6.54 Å². The standard InChI is InChI=1S/C13H15FN2O2S/c14-9-5-4-8(7-11(9)19)13(18)16-6-2-1-3-10(16)12(15)17/h4-5,7,10,19H,1-3,6H2,(H2,15,17). The highest BCUT2D eigenvalue weighted by atomic mass is 32.1. The number of benzene rings is 1. The van der Waals surface area contributed by atoms with E-state index in [4.69, 9.17) is 5.73 Å². The monoisotopic (exact) mass is 282 g/mol. The molecule has 1 atom stereocenters. The Balaban J connectivity index is 2.26. The highest BCUT2D eigenvalue weighted by Gasteiger charge is 2.31. The number of likely N-dealkylation sites (tertiary alicyclic amines) is 1. The largest absolute Gasteiger partial charge is 0.368 e. The lowest BCUT2D eigenvalue weighted by atomic mass is 10.0. The van der Waals surface area contributed by atoms with Crippen LogP contribution in [0.3, 0.4) is 0 Å². The third-order valence-electron chi connectivity index (χ3n) is 3.29. The summed E-state index contributed by atoms with van der Waals surface area (Å²) in [5.41, 5.74) is 5.64. The highest BCUT2D eigenvalue weighted by molar-refractivity contribution is 7.80. The number of carbonyl (C=O) groups is 2. The Hall–Kier alpha value is -1.56. The van der Waals surface area contributed by atoms with Crippen LogP contribution in [0.4, 0.5) is 4.39 Å². The van der Waals surface area contributed by atoms with Gasteiger partial charge in [-0.05, 0) is 37.5 Å². The van der Waals surface area contributed by atoms with Gasteiger partial charge in [-0.15, -0.1) is 12.6 Å². The first-order valence-corrected chi connectivity index (χ1v) is 6.54. The van der Waals surface area contributed by atoms with Crippen LogP contribution >= 0.6 is 12.6 Å². The van der Waals surface area contributed by atoms with E-state index in [2.05, 4.69) is 12.6 Å². The molecule has 2 N–H and O–H groups in total. The molecule has 1 aliphatic rings. The predicted octanol–water partition coefficient (Wildman–Crippen LogP) is 1.59. The first kappa shape index (κ1) is 13.9. The average molecular weight is 282 g/mol. The molecule has 1 unspecified atom stereocenters. The molecular formula is C13H15FN2O2S. The van der Waals surface area contributed by atoms with Crippen molar-refractivity contribution in [2.24, 2.45) is 5.73 Å². The molecular weight excluding hydrogens is 267 g/mol. The zero-order chi connectivity index (χ0) is 14.0. The summed E-state index contributed by atoms with van der Waals surface area (Å²) in [6, 6.07) is 3.38. The van der Waals surface area contributed by atoms with Gasteiger partial charge in [-0.25, -0.2) is 4.39 Å². The first-order chi connectivity index (χ1) is 9.00. The molecule has 1 saturated heterocycles. The highest BCUT2D eigenvalue weighted by Crippen LogP contribution is 2.21. The topological polar surface area (TPSA) is 63.4 Å². The summed E-state index contributed by atoms with van der Waals surface area (Å²) >= 11 is 3.95. The van der Waals surface area contributed by atoms with E-state index in [1.807, 2.05) is 0 Å². The van der Waals surface area contributed by atoms with Crippen molar-refractivity contribution in [3.8, 4) is 0 Å². The fourth-order valence-electron chi connectivity index (χ4n) is 2.28. The van der Waals surface area contributed by atoms with Gasteiger partial charge in [0.15, 0.2) is 0 Å². The average Bonchev–Trinajstić information content (AvgIpc) is 2.41. The minimum atomic E-state index is -0.574. The molecule has 102 valence electrons. The first-order valence-electron chi connectivity index (χ1n) is 6.09. The van der Waals surface area contributed by atoms with Gasteiger partial charge in [-0.2, -0.15) is 0 Å². The molecule has 4 nitrogen and oxygen atoms in total. The Kier molecular flexibility index (Phi) is 4.09. The van der Waals surface area contributed by atoms with Gasteiger partial charge in [0.25, 0.3) is 5.91 Å². The quantitative estimate of drug-likeness (QED) is 0.809. The maximum atomic E-state index is 13.1. The lowest BCUT2D eigenvalue weighted by Crippen LogP contribution is -2.50. The number of thiol groups is 1. The molecule has 1 aromatic carbocycles. The number of halogens is 1. The van der Waals surface area contributed by atoms with Crippen LogP contribution in [0.15, 0.2) is 23.1 Å². The molecule has 0 aromatic heterocycles. The summed E-state index contributed by atoms with van der Waals surface area (Å²) < 4.78 is 13.1. The van der Waals surface area contributed by atoms with Crippen molar-refractivity contribution in [3.63, 3.8) is 0 Å². The molecule has 0 spiro atoms. The molecule has 0 radical (unpaired) electrons. The maximum Gasteiger partial charge on any atom is 0.254 e. The fraction of sp³-hybridized carbons (Fsp3) is 0.385. The van der Waals surface area contributed by atoms with Gasteiger partial charge in [0, 0.05) is 17.0 Å². The number of hydrogen-bond donors (Lipinski definition) is 2. The Morgan fingerprint density at radius 2 is 2.11 bits per heavy atom. The summed E-state index contributed by atoms with van der Waals surface area (Å²) in [4.78, 5) is 25.3. The van der Waals surface area contributed by atoms with Gasteiger partial charge in [0.2, 0.25) is 5.91 Å². The second-order valence-corrected chi connectivity index (χ2v) is 5.06. The van der Waals surface area contributed by atoms with Gasteiger partial charge < -0.3 is 10.6 Å². The number of carbonyl (C=O) groups excluding carboxylic acids is 2. The molecule has 0 aliphatic carbocycles. The fourth-order valence-corrected chi connectivity index (χ4v) is 2.50. The Morgan fingerprint density at radius 3 is 2.74 bits per heavy atom. The molecule has 1 fully saturated rings. The number of nitrogens with zero attached hydrogens (tertiary/aromatic N) is 1. The zero-order valence-corrected chi connectivity index (χ0v) is 11.2. The van der Waals surface area contributed by atoms with Gasteiger partial charge in [0.05, 0.1) is 0 Å². The number of hydrogen-bond acceptors (Lipinski definition) is 3. The molecule has 1 aromatic rings. The number of primary amides is 1. The number of amides is 2. The third-order valence-corrected chi connectivity index (χ3v) is 3.63. The van der Waals surface area contributed by atoms with Crippen LogP contribution < -0.4 is 5.73 Å².